The number of carboxylic acid groups (broad SMARTS) is 1. The molecule has 0 saturated carbocycles. The highest BCUT2D eigenvalue weighted by atomic mass is 16.4. The second-order valence-electron chi connectivity index (χ2n) is 2.08. The largest absolute Gasteiger partial charge is 0.475 e. The summed E-state index contributed by atoms with van der Waals surface area (Å²) in [5, 5.41) is 25.6. The summed E-state index contributed by atoms with van der Waals surface area (Å²) < 4.78 is 0. The van der Waals surface area contributed by atoms with Crippen LogP contribution in [0.5, 0.6) is 0 Å². The number of carbonyl (C=O) groups is 3. The Morgan fingerprint density at radius 3 is 2.17 bits per heavy atom. The highest BCUT2D eigenvalue weighted by Gasteiger charge is 2.28. The number of Topliss-reactive ketones (excluding diaryl/α,β-unsaturated/α-hetero) is 1. The van der Waals surface area contributed by atoms with E-state index in [0.717, 1.165) is 0 Å². The zero-order valence-corrected chi connectivity index (χ0v) is 6.01. The van der Waals surface area contributed by atoms with Crippen LogP contribution in [0.15, 0.2) is 0 Å². The van der Waals surface area contributed by atoms with Crippen LogP contribution in [0.2, 0.25) is 0 Å². The molecule has 0 aromatic rings. The molecule has 0 heterocycles. The van der Waals surface area contributed by atoms with Crippen molar-refractivity contribution in [2.24, 2.45) is 0 Å². The van der Waals surface area contributed by atoms with Gasteiger partial charge >= 0.3 is 5.97 Å². The monoisotopic (exact) mass is 176 g/mol. The number of aliphatic hydroxyl groups is 2. The fourth-order valence-corrected chi connectivity index (χ4v) is 0.529. The molecule has 0 bridgehead atoms. The molecule has 0 rings (SSSR count). The highest BCUT2D eigenvalue weighted by molar-refractivity contribution is 6.34. The molecule has 3 N–H and O–H groups in total. The van der Waals surface area contributed by atoms with E-state index in [-0.39, 0.29) is 6.29 Å². The summed E-state index contributed by atoms with van der Waals surface area (Å²) in [6, 6.07) is 0. The van der Waals surface area contributed by atoms with E-state index in [2.05, 4.69) is 0 Å². The van der Waals surface area contributed by atoms with Gasteiger partial charge in [-0.05, 0) is 0 Å². The zero-order chi connectivity index (χ0) is 9.72. The molecule has 68 valence electrons. The lowest BCUT2D eigenvalue weighted by molar-refractivity contribution is -0.156. The number of hydrogen-bond acceptors (Lipinski definition) is 5. The molecule has 0 aliphatic heterocycles. The molecule has 0 radical (unpaired) electrons. The van der Waals surface area contributed by atoms with Crippen LogP contribution in [0.4, 0.5) is 0 Å². The molecule has 0 fully saturated rings. The van der Waals surface area contributed by atoms with E-state index in [1.54, 1.807) is 0 Å². The second kappa shape index (κ2) is 4.58. The van der Waals surface area contributed by atoms with Gasteiger partial charge < -0.3 is 20.1 Å². The Kier molecular flexibility index (Phi) is 4.09. The van der Waals surface area contributed by atoms with Crippen molar-refractivity contribution >= 4 is 18.0 Å². The molecule has 0 saturated heterocycles. The van der Waals surface area contributed by atoms with Crippen molar-refractivity contribution in [1.82, 2.24) is 0 Å². The number of aldehydes is 1. The normalized spacial score (nSPS) is 14.8. The highest BCUT2D eigenvalue weighted by Crippen LogP contribution is 1.98. The van der Waals surface area contributed by atoms with E-state index in [0.29, 0.717) is 0 Å². The van der Waals surface area contributed by atoms with Crippen LogP contribution in [-0.4, -0.2) is 45.6 Å². The molecule has 0 aromatic carbocycles. The topological polar surface area (TPSA) is 112 Å². The van der Waals surface area contributed by atoms with Gasteiger partial charge in [-0.2, -0.15) is 0 Å². The van der Waals surface area contributed by atoms with Crippen molar-refractivity contribution in [1.29, 1.82) is 0 Å². The first-order valence-electron chi connectivity index (χ1n) is 3.07. The Hall–Kier alpha value is -1.27. The third-order valence-electron chi connectivity index (χ3n) is 1.18. The molecule has 0 aliphatic carbocycles. The van der Waals surface area contributed by atoms with Crippen molar-refractivity contribution in [3.63, 3.8) is 0 Å². The van der Waals surface area contributed by atoms with Crippen molar-refractivity contribution in [3.8, 4) is 0 Å². The fraction of sp³-hybridized carbons (Fsp3) is 0.500. The predicted molar refractivity (Wildman–Crippen MR) is 35.3 cm³/mol. The number of hydrogen-bond donors (Lipinski definition) is 3. The van der Waals surface area contributed by atoms with E-state index in [1.165, 1.54) is 0 Å². The van der Waals surface area contributed by atoms with Crippen LogP contribution in [0.25, 0.3) is 0 Å². The van der Waals surface area contributed by atoms with Gasteiger partial charge in [0.15, 0.2) is 6.10 Å². The summed E-state index contributed by atoms with van der Waals surface area (Å²) in [4.78, 5) is 30.2. The lowest BCUT2D eigenvalue weighted by Crippen LogP contribution is -2.38. The summed E-state index contributed by atoms with van der Waals surface area (Å²) >= 11 is 0. The fourth-order valence-electron chi connectivity index (χ4n) is 0.529. The molecular formula is C6H8O6. The number of aliphatic carboxylic acids is 1. The zero-order valence-electron chi connectivity index (χ0n) is 6.01. The van der Waals surface area contributed by atoms with E-state index < -0.39 is 30.4 Å². The molecule has 0 spiro atoms. The van der Waals surface area contributed by atoms with Gasteiger partial charge in [0, 0.05) is 6.42 Å². The van der Waals surface area contributed by atoms with Gasteiger partial charge in [0.1, 0.15) is 6.29 Å². The van der Waals surface area contributed by atoms with Crippen LogP contribution in [0, 0.1) is 0 Å². The Morgan fingerprint density at radius 2 is 1.83 bits per heavy atom. The number of aliphatic hydroxyl groups excluding tert-OH is 2. The predicted octanol–water partition coefficient (Wildman–Crippen LogP) is -2.05. The lowest BCUT2D eigenvalue weighted by atomic mass is 10.1. The molecule has 6 nitrogen and oxygen atoms in total. The van der Waals surface area contributed by atoms with Crippen LogP contribution in [0.1, 0.15) is 6.42 Å². The molecule has 2 unspecified atom stereocenters. The first-order valence-corrected chi connectivity index (χ1v) is 3.07. The summed E-state index contributed by atoms with van der Waals surface area (Å²) in [6.07, 6.45) is -3.87. The van der Waals surface area contributed by atoms with Crippen LogP contribution in [-0.2, 0) is 14.4 Å². The number of rotatable bonds is 5. The first-order chi connectivity index (χ1) is 5.50. The van der Waals surface area contributed by atoms with E-state index in [9.17, 15) is 14.4 Å². The summed E-state index contributed by atoms with van der Waals surface area (Å²) in [7, 11) is 0. The molecular weight excluding hydrogens is 168 g/mol. The van der Waals surface area contributed by atoms with Crippen LogP contribution >= 0.6 is 0 Å². The standard InChI is InChI=1S/C6H8O6/c7-2-1-3(8)4(9)5(10)6(11)12/h2-4,8-9H,1H2,(H,11,12). The average Bonchev–Trinajstić information content (AvgIpc) is 2.02. The van der Waals surface area contributed by atoms with E-state index >= 15 is 0 Å². The Morgan fingerprint density at radius 1 is 1.33 bits per heavy atom. The molecule has 0 amide bonds. The van der Waals surface area contributed by atoms with Crippen LogP contribution in [0.3, 0.4) is 0 Å². The van der Waals surface area contributed by atoms with Crippen LogP contribution < -0.4 is 0 Å². The maximum Gasteiger partial charge on any atom is 0.375 e. The third-order valence-corrected chi connectivity index (χ3v) is 1.18. The van der Waals surface area contributed by atoms with Gasteiger partial charge in [-0.1, -0.05) is 0 Å². The molecule has 0 aliphatic rings. The van der Waals surface area contributed by atoms with E-state index in [4.69, 9.17) is 15.3 Å². The minimum absolute atomic E-state index is 0.281. The summed E-state index contributed by atoms with van der Waals surface area (Å²) in [5.74, 6) is -3.36. The summed E-state index contributed by atoms with van der Waals surface area (Å²) in [6.45, 7) is 0. The van der Waals surface area contributed by atoms with Crippen molar-refractivity contribution in [3.05, 3.63) is 0 Å². The number of ketones is 1. The summed E-state index contributed by atoms with van der Waals surface area (Å²) in [5.41, 5.74) is 0. The number of carbonyl (C=O) groups excluding carboxylic acids is 2. The van der Waals surface area contributed by atoms with Gasteiger partial charge in [0.2, 0.25) is 0 Å². The lowest BCUT2D eigenvalue weighted by Gasteiger charge is -2.10. The maximum absolute atomic E-state index is 10.4. The maximum atomic E-state index is 10.4. The minimum atomic E-state index is -2.03. The molecule has 12 heavy (non-hydrogen) atoms. The quantitative estimate of drug-likeness (QED) is 0.328. The Labute approximate surface area is 67.4 Å². The van der Waals surface area contributed by atoms with Gasteiger partial charge in [0.25, 0.3) is 5.78 Å². The SMILES string of the molecule is O=CCC(O)C(O)C(=O)C(=O)O. The van der Waals surface area contributed by atoms with Gasteiger partial charge in [-0.15, -0.1) is 0 Å². The van der Waals surface area contributed by atoms with Crippen molar-refractivity contribution in [2.45, 2.75) is 18.6 Å². The first kappa shape index (κ1) is 10.7. The minimum Gasteiger partial charge on any atom is -0.475 e. The van der Waals surface area contributed by atoms with Crippen molar-refractivity contribution < 1.29 is 29.7 Å². The molecule has 0 aromatic heterocycles. The Bertz CT molecular complexity index is 198. The average molecular weight is 176 g/mol. The second-order valence-corrected chi connectivity index (χ2v) is 2.08. The third kappa shape index (κ3) is 2.77. The number of carboxylic acids is 1. The van der Waals surface area contributed by atoms with Crippen molar-refractivity contribution in [2.75, 3.05) is 0 Å². The molecule has 6 heteroatoms. The smallest absolute Gasteiger partial charge is 0.375 e. The van der Waals surface area contributed by atoms with E-state index in [1.807, 2.05) is 0 Å². The Balaban J connectivity index is 4.17. The van der Waals surface area contributed by atoms with Gasteiger partial charge in [-0.25, -0.2) is 4.79 Å². The van der Waals surface area contributed by atoms with Gasteiger partial charge in [0.05, 0.1) is 6.10 Å². The van der Waals surface area contributed by atoms with Gasteiger partial charge in [-0.3, -0.25) is 4.79 Å². The molecule has 2 atom stereocenters.